The van der Waals surface area contributed by atoms with Crippen LogP contribution < -0.4 is 4.74 Å². The maximum atomic E-state index is 11.4. The number of carboxylic acids is 1. The van der Waals surface area contributed by atoms with Crippen molar-refractivity contribution in [3.63, 3.8) is 0 Å². The van der Waals surface area contributed by atoms with E-state index >= 15 is 0 Å². The summed E-state index contributed by atoms with van der Waals surface area (Å²) in [6.45, 7) is 2.08. The van der Waals surface area contributed by atoms with E-state index in [4.69, 9.17) is 4.74 Å². The van der Waals surface area contributed by atoms with Crippen LogP contribution in [-0.2, 0) is 0 Å². The number of carbonyl (C=O) groups is 1. The SMILES string of the molecule is CC1(Oc2cc(C(=O)O)ccc2[N+](=O)[O-])CC2CC1C1C3CCC(C3)C21. The van der Waals surface area contributed by atoms with Crippen LogP contribution in [0.15, 0.2) is 18.2 Å². The number of rotatable bonds is 4. The molecule has 4 aliphatic rings. The molecule has 0 amide bonds. The van der Waals surface area contributed by atoms with E-state index < -0.39 is 16.5 Å². The standard InChI is InChI=1S/C20H23NO5/c1-20(26-16-8-12(19(22)23)4-5-15(16)21(24)25)9-13-7-14(20)18-11-3-2-10(6-11)17(13)18/h4-5,8,10-11,13-14,17-18H,2-3,6-7,9H2,1H3,(H,22,23). The lowest BCUT2D eigenvalue weighted by molar-refractivity contribution is -0.386. The number of hydrogen-bond acceptors (Lipinski definition) is 4. The first-order chi connectivity index (χ1) is 12.4. The van der Waals surface area contributed by atoms with Crippen molar-refractivity contribution >= 4 is 11.7 Å². The van der Waals surface area contributed by atoms with Gasteiger partial charge in [0, 0.05) is 18.1 Å². The summed E-state index contributed by atoms with van der Waals surface area (Å²) >= 11 is 0. The first-order valence-corrected chi connectivity index (χ1v) is 9.58. The molecule has 4 aliphatic carbocycles. The number of fused-ring (bicyclic) bond motifs is 9. The summed E-state index contributed by atoms with van der Waals surface area (Å²) in [4.78, 5) is 22.2. The number of hydrogen-bond donors (Lipinski definition) is 1. The lowest BCUT2D eigenvalue weighted by Crippen LogP contribution is -2.46. The van der Waals surface area contributed by atoms with Gasteiger partial charge in [0.25, 0.3) is 0 Å². The third-order valence-corrected chi connectivity index (χ3v) is 7.81. The Balaban J connectivity index is 1.48. The smallest absolute Gasteiger partial charge is 0.335 e. The molecule has 7 atom stereocenters. The molecule has 4 bridgehead atoms. The molecule has 6 nitrogen and oxygen atoms in total. The van der Waals surface area contributed by atoms with Gasteiger partial charge in [-0.2, -0.15) is 0 Å². The fourth-order valence-corrected chi connectivity index (χ4v) is 7.11. The molecule has 26 heavy (non-hydrogen) atoms. The molecule has 4 fully saturated rings. The molecule has 1 aromatic rings. The molecule has 4 saturated carbocycles. The Kier molecular flexibility index (Phi) is 3.22. The van der Waals surface area contributed by atoms with Gasteiger partial charge in [0.1, 0.15) is 5.60 Å². The second-order valence-corrected chi connectivity index (χ2v) is 8.95. The first kappa shape index (κ1) is 16.1. The molecule has 6 heteroatoms. The van der Waals surface area contributed by atoms with Crippen molar-refractivity contribution in [2.75, 3.05) is 0 Å². The van der Waals surface area contributed by atoms with Crippen molar-refractivity contribution in [2.45, 2.75) is 44.6 Å². The Bertz CT molecular complexity index is 807. The number of nitrogens with zero attached hydrogens (tertiary/aromatic N) is 1. The fourth-order valence-electron chi connectivity index (χ4n) is 7.11. The van der Waals surface area contributed by atoms with E-state index in [1.165, 1.54) is 37.5 Å². The van der Waals surface area contributed by atoms with Crippen LogP contribution in [0.4, 0.5) is 5.69 Å². The van der Waals surface area contributed by atoms with Crippen LogP contribution in [0.1, 0.15) is 49.4 Å². The molecule has 0 saturated heterocycles. The van der Waals surface area contributed by atoms with Crippen molar-refractivity contribution in [2.24, 2.45) is 35.5 Å². The Labute approximate surface area is 151 Å². The molecule has 138 valence electrons. The van der Waals surface area contributed by atoms with Crippen LogP contribution >= 0.6 is 0 Å². The zero-order chi connectivity index (χ0) is 18.2. The molecule has 0 radical (unpaired) electrons. The van der Waals surface area contributed by atoms with E-state index in [2.05, 4.69) is 6.92 Å². The summed E-state index contributed by atoms with van der Waals surface area (Å²) in [5.41, 5.74) is -0.559. The van der Waals surface area contributed by atoms with Crippen molar-refractivity contribution < 1.29 is 19.6 Å². The van der Waals surface area contributed by atoms with Gasteiger partial charge in [-0.1, -0.05) is 0 Å². The van der Waals surface area contributed by atoms with E-state index in [0.717, 1.165) is 30.6 Å². The topological polar surface area (TPSA) is 89.7 Å². The highest BCUT2D eigenvalue weighted by atomic mass is 16.6. The first-order valence-electron chi connectivity index (χ1n) is 9.58. The number of benzene rings is 1. The van der Waals surface area contributed by atoms with Gasteiger partial charge in [-0.05, 0) is 74.7 Å². The van der Waals surface area contributed by atoms with E-state index in [1.54, 1.807) is 0 Å². The number of carboxylic acid groups (broad SMARTS) is 1. The average molecular weight is 357 g/mol. The van der Waals surface area contributed by atoms with E-state index in [9.17, 15) is 20.0 Å². The van der Waals surface area contributed by atoms with E-state index in [0.29, 0.717) is 17.8 Å². The summed E-state index contributed by atoms with van der Waals surface area (Å²) in [7, 11) is 0. The normalized spacial score (nSPS) is 42.0. The van der Waals surface area contributed by atoms with E-state index in [1.807, 2.05) is 0 Å². The Hall–Kier alpha value is -2.11. The molecule has 1 aromatic carbocycles. The zero-order valence-electron chi connectivity index (χ0n) is 14.8. The van der Waals surface area contributed by atoms with Gasteiger partial charge >= 0.3 is 11.7 Å². The summed E-state index contributed by atoms with van der Waals surface area (Å²) in [5.74, 6) is 3.29. The van der Waals surface area contributed by atoms with Gasteiger partial charge in [0.05, 0.1) is 10.5 Å². The van der Waals surface area contributed by atoms with Gasteiger partial charge in [0.2, 0.25) is 0 Å². The molecule has 0 spiro atoms. The van der Waals surface area contributed by atoms with Gasteiger partial charge in [-0.3, -0.25) is 10.1 Å². The Morgan fingerprint density at radius 2 is 1.96 bits per heavy atom. The Morgan fingerprint density at radius 3 is 2.65 bits per heavy atom. The summed E-state index contributed by atoms with van der Waals surface area (Å²) in [5, 5.41) is 20.6. The molecular weight excluding hydrogens is 334 g/mol. The molecule has 0 heterocycles. The van der Waals surface area contributed by atoms with Crippen LogP contribution in [0.25, 0.3) is 0 Å². The zero-order valence-corrected chi connectivity index (χ0v) is 14.8. The molecule has 1 N–H and O–H groups in total. The van der Waals surface area contributed by atoms with E-state index in [-0.39, 0.29) is 17.0 Å². The highest BCUT2D eigenvalue weighted by molar-refractivity contribution is 5.88. The number of ether oxygens (including phenoxy) is 1. The lowest BCUT2D eigenvalue weighted by atomic mass is 9.66. The third kappa shape index (κ3) is 2.07. The molecule has 0 aromatic heterocycles. The van der Waals surface area contributed by atoms with Gasteiger partial charge in [0.15, 0.2) is 5.75 Å². The minimum absolute atomic E-state index is 0.0233. The van der Waals surface area contributed by atoms with Gasteiger partial charge in [-0.25, -0.2) is 4.79 Å². The molecular formula is C20H23NO5. The second-order valence-electron chi connectivity index (χ2n) is 8.95. The number of aromatic carboxylic acids is 1. The molecule has 0 aliphatic heterocycles. The quantitative estimate of drug-likeness (QED) is 0.497. The van der Waals surface area contributed by atoms with Crippen LogP contribution in [0.3, 0.4) is 0 Å². The largest absolute Gasteiger partial charge is 0.480 e. The lowest BCUT2D eigenvalue weighted by Gasteiger charge is -2.44. The summed E-state index contributed by atoms with van der Waals surface area (Å²) in [6, 6.07) is 3.83. The Morgan fingerprint density at radius 1 is 1.23 bits per heavy atom. The third-order valence-electron chi connectivity index (χ3n) is 7.81. The van der Waals surface area contributed by atoms with Crippen LogP contribution in [0.5, 0.6) is 5.75 Å². The van der Waals surface area contributed by atoms with Crippen LogP contribution in [0, 0.1) is 45.6 Å². The minimum atomic E-state index is -1.10. The van der Waals surface area contributed by atoms with Crippen LogP contribution in [0.2, 0.25) is 0 Å². The van der Waals surface area contributed by atoms with Gasteiger partial charge < -0.3 is 9.84 Å². The highest BCUT2D eigenvalue weighted by Crippen LogP contribution is 2.70. The van der Waals surface area contributed by atoms with Crippen molar-refractivity contribution in [1.82, 2.24) is 0 Å². The fraction of sp³-hybridized carbons (Fsp3) is 0.650. The molecule has 7 unspecified atom stereocenters. The summed E-state index contributed by atoms with van der Waals surface area (Å²) in [6.07, 6.45) is 6.13. The van der Waals surface area contributed by atoms with Crippen LogP contribution in [-0.4, -0.2) is 21.6 Å². The maximum absolute atomic E-state index is 11.4. The van der Waals surface area contributed by atoms with Crippen molar-refractivity contribution in [3.8, 4) is 5.75 Å². The minimum Gasteiger partial charge on any atom is -0.480 e. The van der Waals surface area contributed by atoms with Gasteiger partial charge in [-0.15, -0.1) is 0 Å². The highest BCUT2D eigenvalue weighted by Gasteiger charge is 2.66. The number of nitro benzene ring substituents is 1. The predicted molar refractivity (Wildman–Crippen MR) is 93.1 cm³/mol. The molecule has 5 rings (SSSR count). The predicted octanol–water partition coefficient (Wildman–Crippen LogP) is 4.13. The number of nitro groups is 1. The monoisotopic (exact) mass is 357 g/mol. The summed E-state index contributed by atoms with van der Waals surface area (Å²) < 4.78 is 6.29. The maximum Gasteiger partial charge on any atom is 0.335 e. The van der Waals surface area contributed by atoms with Crippen molar-refractivity contribution in [3.05, 3.63) is 33.9 Å². The van der Waals surface area contributed by atoms with Crippen molar-refractivity contribution in [1.29, 1.82) is 0 Å². The average Bonchev–Trinajstić information content (AvgIpc) is 3.32. The second kappa shape index (κ2) is 5.21.